The molecular weight excluding hydrogens is 172 g/mol. The first kappa shape index (κ1) is 7.92. The van der Waals surface area contributed by atoms with Crippen LogP contribution in [0.15, 0.2) is 11.6 Å². The van der Waals surface area contributed by atoms with Crippen molar-refractivity contribution in [2.24, 2.45) is 17.3 Å². The van der Waals surface area contributed by atoms with Crippen molar-refractivity contribution in [1.82, 2.24) is 0 Å². The van der Waals surface area contributed by atoms with Crippen LogP contribution in [0.3, 0.4) is 0 Å². The second kappa shape index (κ2) is 1.97. The lowest BCUT2D eigenvalue weighted by Gasteiger charge is -2.42. The molecule has 5 rings (SSSR count). The maximum absolute atomic E-state index is 6.26. The molecule has 14 heavy (non-hydrogen) atoms. The maximum atomic E-state index is 6.26. The molecule has 2 saturated heterocycles. The quantitative estimate of drug-likeness (QED) is 0.534. The molecule has 5 aliphatic rings. The Hall–Kier alpha value is -0.300. The zero-order valence-electron chi connectivity index (χ0n) is 9.05. The Morgan fingerprint density at radius 2 is 2.36 bits per heavy atom. The van der Waals surface area contributed by atoms with Gasteiger partial charge < -0.3 is 4.74 Å². The van der Waals surface area contributed by atoms with Crippen molar-refractivity contribution in [2.75, 3.05) is 0 Å². The summed E-state index contributed by atoms with van der Waals surface area (Å²) < 4.78 is 6.26. The van der Waals surface area contributed by atoms with E-state index in [1.807, 2.05) is 0 Å². The second-order valence-electron chi connectivity index (χ2n) is 6.32. The molecule has 2 saturated carbocycles. The largest absolute Gasteiger partial charge is 0.371 e. The van der Waals surface area contributed by atoms with Crippen molar-refractivity contribution in [3.05, 3.63) is 11.6 Å². The molecular formula is C13H18O. The topological polar surface area (TPSA) is 9.23 Å². The van der Waals surface area contributed by atoms with Gasteiger partial charge in [0.15, 0.2) is 0 Å². The van der Waals surface area contributed by atoms with Crippen LogP contribution in [0.2, 0.25) is 0 Å². The van der Waals surface area contributed by atoms with Crippen LogP contribution in [-0.4, -0.2) is 11.7 Å². The lowest BCUT2D eigenvalue weighted by atomic mass is 9.68. The van der Waals surface area contributed by atoms with Gasteiger partial charge in [-0.3, -0.25) is 0 Å². The normalized spacial score (nSPS) is 63.3. The van der Waals surface area contributed by atoms with E-state index in [-0.39, 0.29) is 5.60 Å². The zero-order valence-corrected chi connectivity index (χ0v) is 9.05. The van der Waals surface area contributed by atoms with Gasteiger partial charge in [0, 0.05) is 0 Å². The second-order valence-corrected chi connectivity index (χ2v) is 6.32. The highest BCUT2D eigenvalue weighted by Gasteiger charge is 2.67. The summed E-state index contributed by atoms with van der Waals surface area (Å²) in [6.45, 7) is 4.66. The minimum absolute atomic E-state index is 0.252. The first-order chi connectivity index (χ1) is 6.61. The van der Waals surface area contributed by atoms with Crippen LogP contribution >= 0.6 is 0 Å². The molecule has 0 amide bonds. The average Bonchev–Trinajstić information content (AvgIpc) is 2.57. The molecule has 5 atom stereocenters. The minimum atomic E-state index is 0.252. The Labute approximate surface area is 85.5 Å². The van der Waals surface area contributed by atoms with E-state index in [9.17, 15) is 0 Å². The summed E-state index contributed by atoms with van der Waals surface area (Å²) in [4.78, 5) is 0. The van der Waals surface area contributed by atoms with E-state index >= 15 is 0 Å². The fourth-order valence-corrected chi connectivity index (χ4v) is 5.04. The molecule has 0 N–H and O–H groups in total. The maximum Gasteiger partial charge on any atom is 0.0696 e. The molecule has 0 radical (unpaired) electrons. The highest BCUT2D eigenvalue weighted by atomic mass is 16.5. The van der Waals surface area contributed by atoms with Crippen molar-refractivity contribution in [2.45, 2.75) is 51.2 Å². The molecule has 2 aliphatic heterocycles. The number of hydrogen-bond donors (Lipinski definition) is 0. The Bertz CT molecular complexity index is 345. The third kappa shape index (κ3) is 0.670. The van der Waals surface area contributed by atoms with Crippen molar-refractivity contribution < 1.29 is 4.74 Å². The lowest BCUT2D eigenvalue weighted by molar-refractivity contribution is -0.114. The molecule has 0 aromatic carbocycles. The molecule has 0 aromatic heterocycles. The first-order valence-electron chi connectivity index (χ1n) is 5.98. The van der Waals surface area contributed by atoms with E-state index in [1.165, 1.54) is 25.7 Å². The van der Waals surface area contributed by atoms with E-state index in [0.717, 1.165) is 11.8 Å². The van der Waals surface area contributed by atoms with Crippen LogP contribution < -0.4 is 0 Å². The van der Waals surface area contributed by atoms with Gasteiger partial charge >= 0.3 is 0 Å². The smallest absolute Gasteiger partial charge is 0.0696 e. The molecule has 4 bridgehead atoms. The van der Waals surface area contributed by atoms with Crippen molar-refractivity contribution >= 4 is 0 Å². The van der Waals surface area contributed by atoms with Crippen molar-refractivity contribution in [3.8, 4) is 0 Å². The molecule has 3 aliphatic carbocycles. The van der Waals surface area contributed by atoms with E-state index in [1.54, 1.807) is 5.57 Å². The number of hydrogen-bond acceptors (Lipinski definition) is 1. The van der Waals surface area contributed by atoms with Crippen LogP contribution in [-0.2, 0) is 4.74 Å². The minimum Gasteiger partial charge on any atom is -0.371 e. The van der Waals surface area contributed by atoms with Gasteiger partial charge in [-0.15, -0.1) is 0 Å². The molecule has 4 fully saturated rings. The molecule has 1 spiro atoms. The number of ether oxygens (including phenoxy) is 1. The van der Waals surface area contributed by atoms with Gasteiger partial charge in [-0.1, -0.05) is 11.6 Å². The Kier molecular flexibility index (Phi) is 1.12. The van der Waals surface area contributed by atoms with Crippen molar-refractivity contribution in [1.29, 1.82) is 0 Å². The van der Waals surface area contributed by atoms with Gasteiger partial charge in [-0.25, -0.2) is 0 Å². The Morgan fingerprint density at radius 3 is 3.14 bits per heavy atom. The Morgan fingerprint density at radius 1 is 1.50 bits per heavy atom. The summed E-state index contributed by atoms with van der Waals surface area (Å²) in [5.41, 5.74) is 2.45. The Balaban J connectivity index is 1.87. The zero-order chi connectivity index (χ0) is 9.55. The molecule has 1 nitrogen and oxygen atoms in total. The monoisotopic (exact) mass is 190 g/mol. The molecule has 0 aromatic rings. The van der Waals surface area contributed by atoms with Gasteiger partial charge in [0.1, 0.15) is 0 Å². The predicted octanol–water partition coefficient (Wildman–Crippen LogP) is 2.91. The van der Waals surface area contributed by atoms with Gasteiger partial charge in [0.2, 0.25) is 0 Å². The lowest BCUT2D eigenvalue weighted by Crippen LogP contribution is -2.42. The molecule has 5 unspecified atom stereocenters. The van der Waals surface area contributed by atoms with Gasteiger partial charge in [0.05, 0.1) is 11.7 Å². The SMILES string of the molecule is CC1=CC23CC4CC(OC4(C)C2)C3C1. The fourth-order valence-electron chi connectivity index (χ4n) is 5.04. The van der Waals surface area contributed by atoms with Crippen LogP contribution in [0.1, 0.15) is 39.5 Å². The van der Waals surface area contributed by atoms with E-state index in [4.69, 9.17) is 4.74 Å². The van der Waals surface area contributed by atoms with Gasteiger partial charge in [0.25, 0.3) is 0 Å². The predicted molar refractivity (Wildman–Crippen MR) is 54.9 cm³/mol. The van der Waals surface area contributed by atoms with Gasteiger partial charge in [-0.05, 0) is 56.8 Å². The summed E-state index contributed by atoms with van der Waals surface area (Å²) in [5.74, 6) is 1.71. The van der Waals surface area contributed by atoms with E-state index in [0.29, 0.717) is 11.5 Å². The standard InChI is InChI=1S/C13H18O/c1-8-3-10-11-4-9-6-13(10,5-8)7-12(9,2)14-11/h5,9-11H,3-4,6-7H2,1-2H3. The van der Waals surface area contributed by atoms with Crippen LogP contribution in [0, 0.1) is 17.3 Å². The van der Waals surface area contributed by atoms with Crippen LogP contribution in [0.25, 0.3) is 0 Å². The van der Waals surface area contributed by atoms with Crippen LogP contribution in [0.4, 0.5) is 0 Å². The summed E-state index contributed by atoms with van der Waals surface area (Å²) in [6.07, 6.45) is 8.59. The summed E-state index contributed by atoms with van der Waals surface area (Å²) in [6, 6.07) is 0. The van der Waals surface area contributed by atoms with Crippen molar-refractivity contribution in [3.63, 3.8) is 0 Å². The average molecular weight is 190 g/mol. The summed E-state index contributed by atoms with van der Waals surface area (Å²) in [7, 11) is 0. The van der Waals surface area contributed by atoms with Gasteiger partial charge in [-0.2, -0.15) is 0 Å². The van der Waals surface area contributed by atoms with E-state index < -0.39 is 0 Å². The van der Waals surface area contributed by atoms with Crippen LogP contribution in [0.5, 0.6) is 0 Å². The third-order valence-corrected chi connectivity index (χ3v) is 5.37. The third-order valence-electron chi connectivity index (χ3n) is 5.37. The number of rotatable bonds is 0. The highest BCUT2D eigenvalue weighted by Crippen LogP contribution is 2.69. The molecule has 2 heterocycles. The molecule has 76 valence electrons. The molecule has 1 heteroatoms. The first-order valence-corrected chi connectivity index (χ1v) is 5.98. The summed E-state index contributed by atoms with van der Waals surface area (Å²) >= 11 is 0. The highest BCUT2D eigenvalue weighted by molar-refractivity contribution is 5.29. The summed E-state index contributed by atoms with van der Waals surface area (Å²) in [5, 5.41) is 0. The fraction of sp³-hybridized carbons (Fsp3) is 0.846. The van der Waals surface area contributed by atoms with E-state index in [2.05, 4.69) is 19.9 Å². The number of allylic oxidation sites excluding steroid dienone is 2.